The zero-order chi connectivity index (χ0) is 14.2. The zero-order valence-corrected chi connectivity index (χ0v) is 10.7. The van der Waals surface area contributed by atoms with Gasteiger partial charge in [0, 0.05) is 5.56 Å². The van der Waals surface area contributed by atoms with E-state index in [9.17, 15) is 17.6 Å². The lowest BCUT2D eigenvalue weighted by Crippen LogP contribution is -1.98. The molecule has 96 valence electrons. The van der Waals surface area contributed by atoms with E-state index >= 15 is 0 Å². The molecular formula is C13H4BrF4N. The van der Waals surface area contributed by atoms with Gasteiger partial charge >= 0.3 is 0 Å². The van der Waals surface area contributed by atoms with E-state index in [4.69, 9.17) is 5.26 Å². The Morgan fingerprint density at radius 3 is 2.11 bits per heavy atom. The van der Waals surface area contributed by atoms with Crippen molar-refractivity contribution < 1.29 is 17.6 Å². The van der Waals surface area contributed by atoms with Crippen LogP contribution in [0.15, 0.2) is 28.7 Å². The summed E-state index contributed by atoms with van der Waals surface area (Å²) in [5, 5.41) is 8.60. The van der Waals surface area contributed by atoms with Gasteiger partial charge in [0.25, 0.3) is 0 Å². The SMILES string of the molecule is N#Cc1c(F)cc(-c2c(F)cccc2F)c(Br)c1F. The number of rotatable bonds is 1. The molecule has 2 aromatic rings. The molecule has 0 spiro atoms. The molecule has 2 rings (SSSR count). The molecule has 0 aliphatic rings. The molecule has 2 aromatic carbocycles. The van der Waals surface area contributed by atoms with Crippen LogP contribution in [0.2, 0.25) is 0 Å². The van der Waals surface area contributed by atoms with Crippen LogP contribution in [0.5, 0.6) is 0 Å². The second-order valence-electron chi connectivity index (χ2n) is 3.62. The highest BCUT2D eigenvalue weighted by Crippen LogP contribution is 2.36. The lowest BCUT2D eigenvalue weighted by Gasteiger charge is -2.09. The minimum atomic E-state index is -1.19. The molecule has 0 aliphatic carbocycles. The van der Waals surface area contributed by atoms with Gasteiger partial charge in [-0.3, -0.25) is 0 Å². The second-order valence-corrected chi connectivity index (χ2v) is 4.41. The fraction of sp³-hybridized carbons (Fsp3) is 0. The summed E-state index contributed by atoms with van der Waals surface area (Å²) in [6, 6.07) is 5.14. The Morgan fingerprint density at radius 2 is 1.58 bits per heavy atom. The van der Waals surface area contributed by atoms with Crippen LogP contribution in [0.1, 0.15) is 5.56 Å². The summed E-state index contributed by atoms with van der Waals surface area (Å²) < 4.78 is 54.0. The van der Waals surface area contributed by atoms with Crippen LogP contribution in [-0.4, -0.2) is 0 Å². The average Bonchev–Trinajstić information content (AvgIpc) is 2.35. The molecule has 0 fully saturated rings. The number of halogens is 5. The van der Waals surface area contributed by atoms with Gasteiger partial charge in [-0.2, -0.15) is 5.26 Å². The van der Waals surface area contributed by atoms with E-state index in [0.29, 0.717) is 6.07 Å². The molecule has 0 saturated heterocycles. The summed E-state index contributed by atoms with van der Waals surface area (Å²) in [6.07, 6.45) is 0. The highest BCUT2D eigenvalue weighted by atomic mass is 79.9. The van der Waals surface area contributed by atoms with Gasteiger partial charge < -0.3 is 0 Å². The van der Waals surface area contributed by atoms with E-state index in [-0.39, 0.29) is 10.0 Å². The molecule has 0 amide bonds. The summed E-state index contributed by atoms with van der Waals surface area (Å²) in [5.74, 6) is -4.28. The predicted octanol–water partition coefficient (Wildman–Crippen LogP) is 4.54. The number of benzene rings is 2. The Balaban J connectivity index is 2.82. The maximum atomic E-state index is 13.7. The first-order valence-corrected chi connectivity index (χ1v) is 5.78. The van der Waals surface area contributed by atoms with Crippen LogP contribution < -0.4 is 0 Å². The largest absolute Gasteiger partial charge is 0.206 e. The highest BCUT2D eigenvalue weighted by molar-refractivity contribution is 9.10. The molecule has 0 unspecified atom stereocenters. The van der Waals surface area contributed by atoms with Crippen molar-refractivity contribution in [3.8, 4) is 17.2 Å². The third-order valence-corrected chi connectivity index (χ3v) is 3.28. The minimum absolute atomic E-state index is 0.329. The first kappa shape index (κ1) is 13.6. The number of hydrogen-bond acceptors (Lipinski definition) is 1. The molecule has 0 radical (unpaired) electrons. The summed E-state index contributed by atoms with van der Waals surface area (Å²) in [4.78, 5) is 0. The van der Waals surface area contributed by atoms with Crippen molar-refractivity contribution in [3.63, 3.8) is 0 Å². The smallest absolute Gasteiger partial charge is 0.158 e. The van der Waals surface area contributed by atoms with E-state index in [0.717, 1.165) is 18.2 Å². The average molecular weight is 330 g/mol. The van der Waals surface area contributed by atoms with Crippen molar-refractivity contribution in [2.75, 3.05) is 0 Å². The van der Waals surface area contributed by atoms with Gasteiger partial charge in [-0.1, -0.05) is 6.07 Å². The van der Waals surface area contributed by atoms with Gasteiger partial charge in [-0.25, -0.2) is 17.6 Å². The number of nitrogens with zero attached hydrogens (tertiary/aromatic N) is 1. The Morgan fingerprint density at radius 1 is 1.00 bits per heavy atom. The van der Waals surface area contributed by atoms with Crippen LogP contribution in [0.25, 0.3) is 11.1 Å². The van der Waals surface area contributed by atoms with Crippen molar-refractivity contribution in [2.24, 2.45) is 0 Å². The lowest BCUT2D eigenvalue weighted by molar-refractivity contribution is 0.569. The minimum Gasteiger partial charge on any atom is -0.206 e. The highest BCUT2D eigenvalue weighted by Gasteiger charge is 2.21. The van der Waals surface area contributed by atoms with Gasteiger partial charge in [0.2, 0.25) is 0 Å². The van der Waals surface area contributed by atoms with Crippen molar-refractivity contribution in [3.05, 3.63) is 57.6 Å². The fourth-order valence-electron chi connectivity index (χ4n) is 1.63. The topological polar surface area (TPSA) is 23.8 Å². The molecule has 0 aliphatic heterocycles. The normalized spacial score (nSPS) is 10.3. The third-order valence-electron chi connectivity index (χ3n) is 2.50. The van der Waals surface area contributed by atoms with Crippen molar-refractivity contribution in [1.29, 1.82) is 5.26 Å². The van der Waals surface area contributed by atoms with Crippen LogP contribution in [-0.2, 0) is 0 Å². The Labute approximate surface area is 114 Å². The second kappa shape index (κ2) is 5.02. The van der Waals surface area contributed by atoms with E-state index in [2.05, 4.69) is 15.9 Å². The number of hydrogen-bond donors (Lipinski definition) is 0. The number of nitriles is 1. The predicted molar refractivity (Wildman–Crippen MR) is 64.1 cm³/mol. The van der Waals surface area contributed by atoms with Crippen molar-refractivity contribution in [1.82, 2.24) is 0 Å². The Hall–Kier alpha value is -1.87. The first-order chi connectivity index (χ1) is 8.97. The third kappa shape index (κ3) is 2.22. The van der Waals surface area contributed by atoms with Crippen LogP contribution in [0.3, 0.4) is 0 Å². The molecule has 6 heteroatoms. The molecule has 0 bridgehead atoms. The van der Waals surface area contributed by atoms with E-state index in [1.165, 1.54) is 6.07 Å². The summed E-state index contributed by atoms with van der Waals surface area (Å²) >= 11 is 2.78. The molecule has 0 aromatic heterocycles. The quantitative estimate of drug-likeness (QED) is 0.556. The van der Waals surface area contributed by atoms with Crippen molar-refractivity contribution in [2.45, 2.75) is 0 Å². The van der Waals surface area contributed by atoms with E-state index < -0.39 is 34.4 Å². The molecule has 19 heavy (non-hydrogen) atoms. The monoisotopic (exact) mass is 329 g/mol. The Kier molecular flexibility index (Phi) is 3.58. The summed E-state index contributed by atoms with van der Waals surface area (Å²) in [6.45, 7) is 0. The molecule has 0 saturated carbocycles. The Bertz CT molecular complexity index is 687. The molecule has 0 N–H and O–H groups in total. The van der Waals surface area contributed by atoms with Crippen LogP contribution >= 0.6 is 15.9 Å². The zero-order valence-electron chi connectivity index (χ0n) is 9.15. The summed E-state index contributed by atoms with van der Waals surface area (Å²) in [5.41, 5.74) is -1.70. The van der Waals surface area contributed by atoms with Gasteiger partial charge in [-0.15, -0.1) is 0 Å². The first-order valence-electron chi connectivity index (χ1n) is 4.99. The van der Waals surface area contributed by atoms with Gasteiger partial charge in [0.05, 0.1) is 10.0 Å². The van der Waals surface area contributed by atoms with Gasteiger partial charge in [-0.05, 0) is 34.1 Å². The maximum Gasteiger partial charge on any atom is 0.158 e. The van der Waals surface area contributed by atoms with Gasteiger partial charge in [0.1, 0.15) is 29.1 Å². The molecule has 0 heterocycles. The van der Waals surface area contributed by atoms with Crippen LogP contribution in [0.4, 0.5) is 17.6 Å². The maximum absolute atomic E-state index is 13.7. The standard InChI is InChI=1S/C13H4BrF4N/c14-12-6(4-10(17)7(5-19)13(12)18)11-8(15)2-1-3-9(11)16/h1-4H. The van der Waals surface area contributed by atoms with E-state index in [1.807, 2.05) is 0 Å². The fourth-order valence-corrected chi connectivity index (χ4v) is 2.15. The van der Waals surface area contributed by atoms with E-state index in [1.54, 1.807) is 0 Å². The lowest BCUT2D eigenvalue weighted by atomic mass is 10.0. The van der Waals surface area contributed by atoms with Crippen molar-refractivity contribution >= 4 is 15.9 Å². The molecular weight excluding hydrogens is 326 g/mol. The van der Waals surface area contributed by atoms with Gasteiger partial charge in [0.15, 0.2) is 5.82 Å². The van der Waals surface area contributed by atoms with Crippen LogP contribution in [0, 0.1) is 34.6 Å². The summed E-state index contributed by atoms with van der Waals surface area (Å²) in [7, 11) is 0. The molecule has 0 atom stereocenters. The molecule has 1 nitrogen and oxygen atoms in total.